The van der Waals surface area contributed by atoms with Gasteiger partial charge in [-0.2, -0.15) is 0 Å². The Labute approximate surface area is 149 Å². The normalized spacial score (nSPS) is 15.5. The second-order valence-corrected chi connectivity index (χ2v) is 5.75. The van der Waals surface area contributed by atoms with Crippen LogP contribution in [0.1, 0.15) is 28.5 Å². The van der Waals surface area contributed by atoms with Gasteiger partial charge in [-0.15, -0.1) is 0 Å². The standard InChI is InChI=1S/C17H16ClN3O4/c1-24-16(22)13-6-3-7-14(19-13)21-17(23)20-12-8-9-25-15-10(12)4-2-5-11(15)18/h2-7,12H,8-9H2,1H3,(H2,19,20,21,23)/t12-/m0/s1. The van der Waals surface area contributed by atoms with Crippen molar-refractivity contribution in [3.63, 3.8) is 0 Å². The summed E-state index contributed by atoms with van der Waals surface area (Å²) >= 11 is 6.13. The van der Waals surface area contributed by atoms with Crippen LogP contribution < -0.4 is 15.4 Å². The lowest BCUT2D eigenvalue weighted by Gasteiger charge is -2.27. The fourth-order valence-corrected chi connectivity index (χ4v) is 2.81. The van der Waals surface area contributed by atoms with Gasteiger partial charge in [0, 0.05) is 12.0 Å². The molecule has 1 aliphatic rings. The quantitative estimate of drug-likeness (QED) is 0.819. The number of ether oxygens (including phenoxy) is 2. The van der Waals surface area contributed by atoms with Crippen LogP contribution in [0.2, 0.25) is 5.02 Å². The summed E-state index contributed by atoms with van der Waals surface area (Å²) in [5.74, 6) is 0.266. The average molecular weight is 362 g/mol. The first-order chi connectivity index (χ1) is 12.1. The molecule has 0 spiro atoms. The highest BCUT2D eigenvalue weighted by molar-refractivity contribution is 6.32. The van der Waals surface area contributed by atoms with Crippen molar-refractivity contribution in [2.45, 2.75) is 12.5 Å². The molecule has 7 nitrogen and oxygen atoms in total. The molecule has 2 N–H and O–H groups in total. The molecule has 2 amide bonds. The van der Waals surface area contributed by atoms with Crippen molar-refractivity contribution in [2.75, 3.05) is 19.0 Å². The van der Waals surface area contributed by atoms with Crippen LogP contribution in [0, 0.1) is 0 Å². The van der Waals surface area contributed by atoms with Gasteiger partial charge in [0.15, 0.2) is 5.69 Å². The number of para-hydroxylation sites is 1. The summed E-state index contributed by atoms with van der Waals surface area (Å²) in [6, 6.07) is 9.44. The third-order valence-electron chi connectivity index (χ3n) is 3.72. The largest absolute Gasteiger partial charge is 0.492 e. The van der Waals surface area contributed by atoms with E-state index in [4.69, 9.17) is 16.3 Å². The average Bonchev–Trinajstić information content (AvgIpc) is 2.62. The Balaban J connectivity index is 1.70. The van der Waals surface area contributed by atoms with E-state index < -0.39 is 12.0 Å². The highest BCUT2D eigenvalue weighted by Gasteiger charge is 2.24. The summed E-state index contributed by atoms with van der Waals surface area (Å²) in [5, 5.41) is 5.99. The van der Waals surface area contributed by atoms with Crippen LogP contribution in [-0.2, 0) is 4.74 Å². The van der Waals surface area contributed by atoms with Gasteiger partial charge in [-0.3, -0.25) is 5.32 Å². The Morgan fingerprint density at radius 3 is 2.88 bits per heavy atom. The molecule has 2 aromatic rings. The first kappa shape index (κ1) is 17.0. The summed E-state index contributed by atoms with van der Waals surface area (Å²) in [6.07, 6.45) is 0.621. The maximum atomic E-state index is 12.3. The van der Waals surface area contributed by atoms with Crippen LogP contribution in [0.25, 0.3) is 0 Å². The summed E-state index contributed by atoms with van der Waals surface area (Å²) in [7, 11) is 1.27. The zero-order chi connectivity index (χ0) is 17.8. The molecule has 0 fully saturated rings. The summed E-state index contributed by atoms with van der Waals surface area (Å²) in [4.78, 5) is 27.8. The molecule has 3 rings (SSSR count). The molecule has 130 valence electrons. The van der Waals surface area contributed by atoms with Crippen molar-refractivity contribution in [2.24, 2.45) is 0 Å². The number of hydrogen-bond donors (Lipinski definition) is 2. The van der Waals surface area contributed by atoms with Crippen molar-refractivity contribution in [3.05, 3.63) is 52.7 Å². The third-order valence-corrected chi connectivity index (χ3v) is 4.01. The number of rotatable bonds is 3. The van der Waals surface area contributed by atoms with Crippen LogP contribution in [0.3, 0.4) is 0 Å². The molecule has 25 heavy (non-hydrogen) atoms. The van der Waals surface area contributed by atoms with Crippen molar-refractivity contribution in [3.8, 4) is 5.75 Å². The summed E-state index contributed by atoms with van der Waals surface area (Å²) in [6.45, 7) is 0.456. The van der Waals surface area contributed by atoms with Gasteiger partial charge < -0.3 is 14.8 Å². The van der Waals surface area contributed by atoms with Crippen LogP contribution >= 0.6 is 11.6 Å². The first-order valence-corrected chi connectivity index (χ1v) is 8.00. The molecule has 1 aromatic carbocycles. The van der Waals surface area contributed by atoms with Gasteiger partial charge >= 0.3 is 12.0 Å². The number of carbonyl (C=O) groups is 2. The van der Waals surface area contributed by atoms with Crippen molar-refractivity contribution >= 4 is 29.4 Å². The zero-order valence-corrected chi connectivity index (χ0v) is 14.2. The number of urea groups is 1. The smallest absolute Gasteiger partial charge is 0.356 e. The number of nitrogens with one attached hydrogen (secondary N) is 2. The lowest BCUT2D eigenvalue weighted by molar-refractivity contribution is 0.0594. The second kappa shape index (κ2) is 7.40. The van der Waals surface area contributed by atoms with Crippen LogP contribution in [0.15, 0.2) is 36.4 Å². The van der Waals surface area contributed by atoms with Gasteiger partial charge in [0.2, 0.25) is 0 Å². The number of halogens is 1. The molecule has 0 aliphatic carbocycles. The maximum Gasteiger partial charge on any atom is 0.356 e. The van der Waals surface area contributed by atoms with E-state index in [1.807, 2.05) is 12.1 Å². The summed E-state index contributed by atoms with van der Waals surface area (Å²) in [5.41, 5.74) is 0.939. The minimum atomic E-state index is -0.572. The number of hydrogen-bond acceptors (Lipinski definition) is 5. The van der Waals surface area contributed by atoms with Crippen LogP contribution in [-0.4, -0.2) is 30.7 Å². The monoisotopic (exact) mass is 361 g/mol. The molecule has 0 saturated carbocycles. The van der Waals surface area contributed by atoms with Crippen molar-refractivity contribution < 1.29 is 19.1 Å². The fourth-order valence-electron chi connectivity index (χ4n) is 2.57. The van der Waals surface area contributed by atoms with E-state index in [0.717, 1.165) is 5.56 Å². The predicted octanol–water partition coefficient (Wildman–Crippen LogP) is 3.17. The lowest BCUT2D eigenvalue weighted by Crippen LogP contribution is -2.35. The molecule has 0 saturated heterocycles. The Kier molecular flexibility index (Phi) is 5.04. The minimum absolute atomic E-state index is 0.114. The number of fused-ring (bicyclic) bond motifs is 1. The molecule has 0 unspecified atom stereocenters. The number of esters is 1. The number of nitrogens with zero attached hydrogens (tertiary/aromatic N) is 1. The van der Waals surface area contributed by atoms with E-state index in [2.05, 4.69) is 20.4 Å². The molecule has 1 aliphatic heterocycles. The Morgan fingerprint density at radius 1 is 1.28 bits per heavy atom. The van der Waals surface area contributed by atoms with Gasteiger partial charge in [0.05, 0.1) is 24.8 Å². The molecular weight excluding hydrogens is 346 g/mol. The highest BCUT2D eigenvalue weighted by atomic mass is 35.5. The van der Waals surface area contributed by atoms with Crippen molar-refractivity contribution in [1.29, 1.82) is 0 Å². The number of amides is 2. The first-order valence-electron chi connectivity index (χ1n) is 7.62. The zero-order valence-electron chi connectivity index (χ0n) is 13.4. The highest BCUT2D eigenvalue weighted by Crippen LogP contribution is 2.37. The molecule has 8 heteroatoms. The third kappa shape index (κ3) is 3.83. The maximum absolute atomic E-state index is 12.3. The Morgan fingerprint density at radius 2 is 2.08 bits per heavy atom. The molecule has 1 aromatic heterocycles. The second-order valence-electron chi connectivity index (χ2n) is 5.35. The van der Waals surface area contributed by atoms with E-state index in [1.54, 1.807) is 18.2 Å². The molecule has 2 heterocycles. The van der Waals surface area contributed by atoms with Crippen molar-refractivity contribution in [1.82, 2.24) is 10.3 Å². The lowest BCUT2D eigenvalue weighted by atomic mass is 10.0. The minimum Gasteiger partial charge on any atom is -0.492 e. The van der Waals surface area contributed by atoms with E-state index in [1.165, 1.54) is 13.2 Å². The van der Waals surface area contributed by atoms with E-state index in [0.29, 0.717) is 23.8 Å². The van der Waals surface area contributed by atoms with Gasteiger partial charge in [0.25, 0.3) is 0 Å². The van der Waals surface area contributed by atoms with Crippen LogP contribution in [0.5, 0.6) is 5.75 Å². The molecular formula is C17H16ClN3O4. The predicted molar refractivity (Wildman–Crippen MR) is 92.0 cm³/mol. The molecule has 0 bridgehead atoms. The van der Waals surface area contributed by atoms with Gasteiger partial charge in [0.1, 0.15) is 11.6 Å². The SMILES string of the molecule is COC(=O)c1cccc(NC(=O)N[C@H]2CCOc3c(Cl)cccc32)n1. The summed E-state index contributed by atoms with van der Waals surface area (Å²) < 4.78 is 10.2. The number of benzene rings is 1. The van der Waals surface area contributed by atoms with Crippen LogP contribution in [0.4, 0.5) is 10.6 Å². The van der Waals surface area contributed by atoms with E-state index in [-0.39, 0.29) is 17.6 Å². The topological polar surface area (TPSA) is 89.5 Å². The number of anilines is 1. The molecule has 0 radical (unpaired) electrons. The van der Waals surface area contributed by atoms with Gasteiger partial charge in [-0.1, -0.05) is 29.8 Å². The van der Waals surface area contributed by atoms with Gasteiger partial charge in [-0.25, -0.2) is 14.6 Å². The molecule has 1 atom stereocenters. The van der Waals surface area contributed by atoms with E-state index >= 15 is 0 Å². The number of methoxy groups -OCH3 is 1. The number of pyridine rings is 1. The van der Waals surface area contributed by atoms with Gasteiger partial charge in [-0.05, 0) is 18.2 Å². The Bertz CT molecular complexity index is 812. The number of aromatic nitrogens is 1. The number of carbonyl (C=O) groups excluding carboxylic acids is 2. The van der Waals surface area contributed by atoms with E-state index in [9.17, 15) is 9.59 Å². The Hall–Kier alpha value is -2.80. The fraction of sp³-hybridized carbons (Fsp3) is 0.235.